The van der Waals surface area contributed by atoms with E-state index in [1.165, 1.54) is 0 Å². The van der Waals surface area contributed by atoms with Gasteiger partial charge in [0.2, 0.25) is 0 Å². The van der Waals surface area contributed by atoms with Gasteiger partial charge in [-0.3, -0.25) is 4.79 Å². The summed E-state index contributed by atoms with van der Waals surface area (Å²) >= 11 is 6.07. The Morgan fingerprint density at radius 2 is 1.86 bits per heavy atom. The minimum Gasteiger partial charge on any atom is -0.306 e. The molecule has 5 heteroatoms. The standard InChI is InChI=1S/C17H10ClN3O/c18-15-12-6-5-11(9-10(12)7-8-19-15)16-20-14-4-2-1-3-13(14)17(22)21-16/h1-9H,(H,20,21,22). The maximum Gasteiger partial charge on any atom is 0.259 e. The van der Waals surface area contributed by atoms with E-state index >= 15 is 0 Å². The molecule has 4 nitrogen and oxygen atoms in total. The summed E-state index contributed by atoms with van der Waals surface area (Å²) in [4.78, 5) is 23.6. The second-order valence-corrected chi connectivity index (χ2v) is 5.33. The van der Waals surface area contributed by atoms with E-state index in [4.69, 9.17) is 11.6 Å². The van der Waals surface area contributed by atoms with Crippen molar-refractivity contribution in [3.8, 4) is 11.4 Å². The Balaban J connectivity index is 1.97. The molecule has 0 aliphatic rings. The minimum atomic E-state index is -0.145. The SMILES string of the molecule is O=c1[nH]c(-c2ccc3c(Cl)nccc3c2)nc2ccccc12. The van der Waals surface area contributed by atoms with Crippen molar-refractivity contribution in [2.75, 3.05) is 0 Å². The molecule has 0 saturated carbocycles. The molecular weight excluding hydrogens is 298 g/mol. The molecule has 0 unspecified atom stereocenters. The monoisotopic (exact) mass is 307 g/mol. The number of benzene rings is 2. The fourth-order valence-corrected chi connectivity index (χ4v) is 2.74. The third-order valence-corrected chi connectivity index (χ3v) is 3.90. The number of nitrogens with zero attached hydrogens (tertiary/aromatic N) is 2. The third kappa shape index (κ3) is 2.05. The minimum absolute atomic E-state index is 0.145. The summed E-state index contributed by atoms with van der Waals surface area (Å²) in [5, 5.41) is 2.87. The Morgan fingerprint density at radius 3 is 2.77 bits per heavy atom. The van der Waals surface area contributed by atoms with E-state index in [2.05, 4.69) is 15.0 Å². The topological polar surface area (TPSA) is 58.6 Å². The molecule has 2 aromatic carbocycles. The number of para-hydroxylation sites is 1. The highest BCUT2D eigenvalue weighted by Gasteiger charge is 2.07. The summed E-state index contributed by atoms with van der Waals surface area (Å²) in [5.41, 5.74) is 1.36. The lowest BCUT2D eigenvalue weighted by molar-refractivity contribution is 1.18. The van der Waals surface area contributed by atoms with Gasteiger partial charge >= 0.3 is 0 Å². The second-order valence-electron chi connectivity index (χ2n) is 4.97. The van der Waals surface area contributed by atoms with Gasteiger partial charge in [0, 0.05) is 17.1 Å². The Kier molecular flexibility index (Phi) is 2.91. The molecule has 0 aliphatic heterocycles. The molecule has 0 spiro atoms. The van der Waals surface area contributed by atoms with Crippen LogP contribution in [0.3, 0.4) is 0 Å². The molecule has 106 valence electrons. The third-order valence-electron chi connectivity index (χ3n) is 3.60. The maximum absolute atomic E-state index is 12.2. The van der Waals surface area contributed by atoms with Crippen molar-refractivity contribution in [3.63, 3.8) is 0 Å². The summed E-state index contributed by atoms with van der Waals surface area (Å²) in [6.45, 7) is 0. The second kappa shape index (κ2) is 4.93. The molecule has 0 aliphatic carbocycles. The number of hydrogen-bond acceptors (Lipinski definition) is 3. The number of rotatable bonds is 1. The van der Waals surface area contributed by atoms with Crippen molar-refractivity contribution in [2.45, 2.75) is 0 Å². The molecule has 2 aromatic heterocycles. The molecule has 22 heavy (non-hydrogen) atoms. The molecule has 0 atom stereocenters. The van der Waals surface area contributed by atoms with E-state index in [-0.39, 0.29) is 5.56 Å². The number of aromatic nitrogens is 3. The van der Waals surface area contributed by atoms with Crippen molar-refractivity contribution in [2.24, 2.45) is 0 Å². The number of H-pyrrole nitrogens is 1. The van der Waals surface area contributed by atoms with Crippen LogP contribution in [0.1, 0.15) is 0 Å². The zero-order valence-corrected chi connectivity index (χ0v) is 12.1. The van der Waals surface area contributed by atoms with E-state index in [1.54, 1.807) is 12.3 Å². The van der Waals surface area contributed by atoms with Gasteiger partial charge in [-0.1, -0.05) is 35.9 Å². The fourth-order valence-electron chi connectivity index (χ4n) is 2.51. The molecule has 1 N–H and O–H groups in total. The summed E-state index contributed by atoms with van der Waals surface area (Å²) in [5.74, 6) is 0.540. The lowest BCUT2D eigenvalue weighted by Gasteiger charge is -2.05. The molecule has 0 radical (unpaired) electrons. The van der Waals surface area contributed by atoms with Gasteiger partial charge in [-0.2, -0.15) is 0 Å². The summed E-state index contributed by atoms with van der Waals surface area (Å²) in [6.07, 6.45) is 1.66. The van der Waals surface area contributed by atoms with Crippen molar-refractivity contribution in [1.29, 1.82) is 0 Å². The number of hydrogen-bond donors (Lipinski definition) is 1. The van der Waals surface area contributed by atoms with Crippen molar-refractivity contribution < 1.29 is 0 Å². The predicted molar refractivity (Wildman–Crippen MR) is 88.1 cm³/mol. The average Bonchev–Trinajstić information content (AvgIpc) is 2.55. The lowest BCUT2D eigenvalue weighted by atomic mass is 10.1. The van der Waals surface area contributed by atoms with E-state index in [9.17, 15) is 4.79 Å². The fraction of sp³-hybridized carbons (Fsp3) is 0. The Bertz CT molecular complexity index is 1070. The Labute approximate surface area is 130 Å². The number of pyridine rings is 1. The normalized spacial score (nSPS) is 11.1. The number of halogens is 1. The molecule has 0 saturated heterocycles. The van der Waals surface area contributed by atoms with Crippen LogP contribution in [0.25, 0.3) is 33.1 Å². The zero-order chi connectivity index (χ0) is 15.1. The Hall–Kier alpha value is -2.72. The van der Waals surface area contributed by atoms with Gasteiger partial charge in [-0.25, -0.2) is 9.97 Å². The summed E-state index contributed by atoms with van der Waals surface area (Å²) < 4.78 is 0. The first kappa shape index (κ1) is 13.0. The van der Waals surface area contributed by atoms with E-state index in [1.807, 2.05) is 42.5 Å². The van der Waals surface area contributed by atoms with Gasteiger partial charge in [0.25, 0.3) is 5.56 Å². The molecule has 0 fully saturated rings. The van der Waals surface area contributed by atoms with Crippen molar-refractivity contribution in [3.05, 3.63) is 70.2 Å². The van der Waals surface area contributed by atoms with E-state index in [0.29, 0.717) is 21.9 Å². The van der Waals surface area contributed by atoms with Crippen LogP contribution in [0.5, 0.6) is 0 Å². The molecular formula is C17H10ClN3O. The first-order valence-corrected chi connectivity index (χ1v) is 7.14. The number of nitrogens with one attached hydrogen (secondary N) is 1. The van der Waals surface area contributed by atoms with Gasteiger partial charge in [0.05, 0.1) is 10.9 Å². The van der Waals surface area contributed by atoms with Crippen LogP contribution >= 0.6 is 11.6 Å². The molecule has 4 aromatic rings. The molecule has 4 rings (SSSR count). The highest BCUT2D eigenvalue weighted by Crippen LogP contribution is 2.25. The number of aromatic amines is 1. The van der Waals surface area contributed by atoms with Crippen molar-refractivity contribution >= 4 is 33.3 Å². The first-order chi connectivity index (χ1) is 10.7. The van der Waals surface area contributed by atoms with E-state index in [0.717, 1.165) is 16.3 Å². The van der Waals surface area contributed by atoms with Gasteiger partial charge in [-0.05, 0) is 29.7 Å². The summed E-state index contributed by atoms with van der Waals surface area (Å²) in [7, 11) is 0. The molecule has 0 bridgehead atoms. The van der Waals surface area contributed by atoms with Crippen LogP contribution in [0.15, 0.2) is 59.5 Å². The van der Waals surface area contributed by atoms with Crippen LogP contribution in [0.4, 0.5) is 0 Å². The highest BCUT2D eigenvalue weighted by atomic mass is 35.5. The lowest BCUT2D eigenvalue weighted by Crippen LogP contribution is -2.09. The summed E-state index contributed by atoms with van der Waals surface area (Å²) in [6, 6.07) is 14.9. The van der Waals surface area contributed by atoms with E-state index < -0.39 is 0 Å². The van der Waals surface area contributed by atoms with Crippen LogP contribution in [0.2, 0.25) is 5.15 Å². The zero-order valence-electron chi connectivity index (χ0n) is 11.4. The van der Waals surface area contributed by atoms with Gasteiger partial charge in [-0.15, -0.1) is 0 Å². The predicted octanol–water partition coefficient (Wildman–Crippen LogP) is 3.79. The highest BCUT2D eigenvalue weighted by molar-refractivity contribution is 6.34. The van der Waals surface area contributed by atoms with Crippen LogP contribution in [-0.4, -0.2) is 15.0 Å². The van der Waals surface area contributed by atoms with Crippen LogP contribution in [-0.2, 0) is 0 Å². The van der Waals surface area contributed by atoms with Gasteiger partial charge in [0.15, 0.2) is 0 Å². The van der Waals surface area contributed by atoms with Crippen LogP contribution < -0.4 is 5.56 Å². The quantitative estimate of drug-likeness (QED) is 0.544. The number of fused-ring (bicyclic) bond motifs is 2. The average molecular weight is 308 g/mol. The van der Waals surface area contributed by atoms with Crippen LogP contribution in [0, 0.1) is 0 Å². The molecule has 2 heterocycles. The first-order valence-electron chi connectivity index (χ1n) is 6.76. The Morgan fingerprint density at radius 1 is 1.00 bits per heavy atom. The largest absolute Gasteiger partial charge is 0.306 e. The maximum atomic E-state index is 12.2. The van der Waals surface area contributed by atoms with Gasteiger partial charge in [0.1, 0.15) is 11.0 Å². The van der Waals surface area contributed by atoms with Crippen molar-refractivity contribution in [1.82, 2.24) is 15.0 Å². The molecule has 0 amide bonds. The smallest absolute Gasteiger partial charge is 0.259 e. The van der Waals surface area contributed by atoms with Gasteiger partial charge < -0.3 is 4.98 Å².